The number of nitrogens with one attached hydrogen (secondary N) is 2. The summed E-state index contributed by atoms with van der Waals surface area (Å²) in [6, 6.07) is 19.6. The van der Waals surface area contributed by atoms with Gasteiger partial charge in [-0.2, -0.15) is 0 Å². The Labute approximate surface area is 252 Å². The van der Waals surface area contributed by atoms with Crippen LogP contribution in [0.1, 0.15) is 48.7 Å². The number of rotatable bonds is 18. The fraction of sp³-hybridized carbons (Fsp3) is 0.367. The number of alkyl halides is 2. The standard InChI is InChI=1S/C30H35FIN3O6/c1-2-3-5-11-24(17-35(21-36)40-18-22-9-6-4-7-10-22)29(37)33-20-34-30(38)27-15-14-26(41-27)23-12-8-13-25(16-23)39-19-28(31)32/h4,6-10,12-16,21,24,28H,2-3,5,11,17-20H2,1H3,(H,33,37)(H,34,38)/t24-,28?/m1/s1. The van der Waals surface area contributed by atoms with Crippen LogP contribution in [0.5, 0.6) is 5.75 Å². The van der Waals surface area contributed by atoms with E-state index in [0.29, 0.717) is 29.9 Å². The number of furan rings is 1. The SMILES string of the molecule is CCCCC[C@H](CN(C=O)OCc1ccccc1)C(=O)NCNC(=O)c1ccc(-c2cccc(OCC(F)I)c2)o1. The van der Waals surface area contributed by atoms with Crippen LogP contribution >= 0.6 is 22.6 Å². The summed E-state index contributed by atoms with van der Waals surface area (Å²) >= 11 is 1.63. The van der Waals surface area contributed by atoms with Crippen molar-refractivity contribution in [1.29, 1.82) is 0 Å². The number of halogens is 2. The number of carbonyl (C=O) groups excluding carboxylic acids is 3. The lowest BCUT2D eigenvalue weighted by Gasteiger charge is -2.23. The molecule has 2 atom stereocenters. The highest BCUT2D eigenvalue weighted by Gasteiger charge is 2.22. The molecule has 1 aromatic heterocycles. The van der Waals surface area contributed by atoms with Crippen LogP contribution in [-0.4, -0.2) is 47.3 Å². The van der Waals surface area contributed by atoms with E-state index in [-0.39, 0.29) is 38.1 Å². The predicted molar refractivity (Wildman–Crippen MR) is 161 cm³/mol. The van der Waals surface area contributed by atoms with E-state index in [1.165, 1.54) is 6.07 Å². The van der Waals surface area contributed by atoms with Gasteiger partial charge in [-0.3, -0.25) is 19.2 Å². The molecule has 9 nitrogen and oxygen atoms in total. The maximum Gasteiger partial charge on any atom is 0.288 e. The van der Waals surface area contributed by atoms with E-state index in [2.05, 4.69) is 17.6 Å². The Balaban J connectivity index is 1.52. The molecule has 0 saturated carbocycles. The van der Waals surface area contributed by atoms with Gasteiger partial charge < -0.3 is 19.8 Å². The predicted octanol–water partition coefficient (Wildman–Crippen LogP) is 5.65. The number of unbranched alkanes of at least 4 members (excludes halogenated alkanes) is 2. The van der Waals surface area contributed by atoms with Crippen LogP contribution in [0.3, 0.4) is 0 Å². The van der Waals surface area contributed by atoms with Crippen LogP contribution in [0.25, 0.3) is 11.3 Å². The molecule has 0 spiro atoms. The van der Waals surface area contributed by atoms with Gasteiger partial charge in [-0.25, -0.2) is 9.45 Å². The van der Waals surface area contributed by atoms with Gasteiger partial charge in [0.05, 0.1) is 19.1 Å². The largest absolute Gasteiger partial charge is 0.490 e. The monoisotopic (exact) mass is 679 g/mol. The Kier molecular flexibility index (Phi) is 13.6. The molecule has 0 fully saturated rings. The molecule has 0 saturated heterocycles. The molecule has 11 heteroatoms. The first kappa shape index (κ1) is 32.1. The number of hydrogen-bond donors (Lipinski definition) is 2. The second-order valence-electron chi connectivity index (χ2n) is 9.27. The first-order valence-corrected chi connectivity index (χ1v) is 14.7. The minimum Gasteiger partial charge on any atom is -0.490 e. The van der Waals surface area contributed by atoms with Gasteiger partial charge in [-0.15, -0.1) is 0 Å². The molecular formula is C30H35FIN3O6. The molecule has 3 rings (SSSR count). The van der Waals surface area contributed by atoms with Gasteiger partial charge in [0.15, 0.2) is 9.94 Å². The first-order chi connectivity index (χ1) is 19.9. The normalized spacial score (nSPS) is 12.3. The third-order valence-corrected chi connectivity index (χ3v) is 6.48. The van der Waals surface area contributed by atoms with E-state index in [0.717, 1.165) is 29.9 Å². The summed E-state index contributed by atoms with van der Waals surface area (Å²) in [6.45, 7) is 2.18. The minimum absolute atomic E-state index is 0.0672. The molecular weight excluding hydrogens is 644 g/mol. The van der Waals surface area contributed by atoms with Crippen molar-refractivity contribution in [3.63, 3.8) is 0 Å². The van der Waals surface area contributed by atoms with Crippen molar-refractivity contribution >= 4 is 40.8 Å². The molecule has 2 aromatic carbocycles. The van der Waals surface area contributed by atoms with Crippen molar-refractivity contribution in [1.82, 2.24) is 15.7 Å². The molecule has 41 heavy (non-hydrogen) atoms. The highest BCUT2D eigenvalue weighted by Crippen LogP contribution is 2.26. The number of amides is 3. The van der Waals surface area contributed by atoms with E-state index in [9.17, 15) is 18.8 Å². The summed E-state index contributed by atoms with van der Waals surface area (Å²) in [7, 11) is 0. The van der Waals surface area contributed by atoms with E-state index in [1.807, 2.05) is 30.3 Å². The lowest BCUT2D eigenvalue weighted by atomic mass is 10.0. The Morgan fingerprint density at radius 1 is 1.07 bits per heavy atom. The zero-order chi connectivity index (χ0) is 29.5. The van der Waals surface area contributed by atoms with Crippen LogP contribution in [-0.2, 0) is 21.0 Å². The zero-order valence-electron chi connectivity index (χ0n) is 22.9. The fourth-order valence-corrected chi connectivity index (χ4v) is 4.16. The second-order valence-corrected chi connectivity index (χ2v) is 10.6. The van der Waals surface area contributed by atoms with Gasteiger partial charge in [0.25, 0.3) is 5.91 Å². The van der Waals surface area contributed by atoms with E-state index >= 15 is 0 Å². The Hall–Kier alpha value is -3.45. The number of carbonyl (C=O) groups is 3. The average molecular weight is 680 g/mol. The van der Waals surface area contributed by atoms with Crippen molar-refractivity contribution < 1.29 is 32.8 Å². The smallest absolute Gasteiger partial charge is 0.288 e. The number of nitrogens with zero attached hydrogens (tertiary/aromatic N) is 1. The molecule has 0 bridgehead atoms. The molecule has 2 N–H and O–H groups in total. The van der Waals surface area contributed by atoms with Crippen LogP contribution in [0.4, 0.5) is 4.39 Å². The average Bonchev–Trinajstić information content (AvgIpc) is 3.49. The van der Waals surface area contributed by atoms with Crippen molar-refractivity contribution in [2.75, 3.05) is 19.8 Å². The van der Waals surface area contributed by atoms with Crippen molar-refractivity contribution in [2.24, 2.45) is 5.92 Å². The lowest BCUT2D eigenvalue weighted by molar-refractivity contribution is -0.182. The van der Waals surface area contributed by atoms with Gasteiger partial charge >= 0.3 is 0 Å². The Bertz CT molecular complexity index is 1240. The molecule has 1 heterocycles. The lowest BCUT2D eigenvalue weighted by Crippen LogP contribution is -2.43. The fourth-order valence-electron chi connectivity index (χ4n) is 3.98. The molecule has 3 amide bonds. The van der Waals surface area contributed by atoms with E-state index < -0.39 is 16.0 Å². The number of hydroxylamine groups is 2. The van der Waals surface area contributed by atoms with Crippen molar-refractivity contribution in [3.05, 3.63) is 78.1 Å². The number of hydrogen-bond acceptors (Lipinski definition) is 6. The summed E-state index contributed by atoms with van der Waals surface area (Å²) in [4.78, 5) is 42.9. The summed E-state index contributed by atoms with van der Waals surface area (Å²) in [5.41, 5.74) is 1.57. The molecule has 0 aliphatic rings. The van der Waals surface area contributed by atoms with Crippen molar-refractivity contribution in [2.45, 2.75) is 43.4 Å². The van der Waals surface area contributed by atoms with Gasteiger partial charge in [-0.05, 0) is 58.8 Å². The topological polar surface area (TPSA) is 110 Å². The summed E-state index contributed by atoms with van der Waals surface area (Å²) in [5.74, 6) is -0.315. The molecule has 0 aliphatic heterocycles. The van der Waals surface area contributed by atoms with Crippen LogP contribution in [0, 0.1) is 5.92 Å². The summed E-state index contributed by atoms with van der Waals surface area (Å²) < 4.78 is 23.1. The number of ether oxygens (including phenoxy) is 1. The van der Waals surface area contributed by atoms with E-state index in [4.69, 9.17) is 14.0 Å². The Morgan fingerprint density at radius 3 is 2.61 bits per heavy atom. The van der Waals surface area contributed by atoms with E-state index in [1.54, 1.807) is 52.9 Å². The molecule has 220 valence electrons. The molecule has 1 unspecified atom stereocenters. The molecule has 0 aliphatic carbocycles. The van der Waals surface area contributed by atoms with Gasteiger partial charge in [0, 0.05) is 5.56 Å². The van der Waals surface area contributed by atoms with Crippen LogP contribution < -0.4 is 15.4 Å². The summed E-state index contributed by atoms with van der Waals surface area (Å²) in [6.07, 6.45) is 3.91. The zero-order valence-corrected chi connectivity index (χ0v) is 25.0. The quantitative estimate of drug-likeness (QED) is 0.0450. The second kappa shape index (κ2) is 17.4. The minimum atomic E-state index is -1.13. The molecule has 3 aromatic rings. The third-order valence-electron chi connectivity index (χ3n) is 6.12. The van der Waals surface area contributed by atoms with Gasteiger partial charge in [0.2, 0.25) is 12.3 Å². The summed E-state index contributed by atoms with van der Waals surface area (Å²) in [5, 5.41) is 6.50. The Morgan fingerprint density at radius 2 is 1.88 bits per heavy atom. The first-order valence-electron chi connectivity index (χ1n) is 13.5. The third kappa shape index (κ3) is 11.2. The maximum atomic E-state index is 13.1. The van der Waals surface area contributed by atoms with Gasteiger partial charge in [0.1, 0.15) is 24.7 Å². The highest BCUT2D eigenvalue weighted by molar-refractivity contribution is 14.1. The van der Waals surface area contributed by atoms with Crippen LogP contribution in [0.2, 0.25) is 0 Å². The van der Waals surface area contributed by atoms with Gasteiger partial charge in [-0.1, -0.05) is 68.7 Å². The number of benzene rings is 2. The molecule has 0 radical (unpaired) electrons. The highest BCUT2D eigenvalue weighted by atomic mass is 127. The maximum absolute atomic E-state index is 13.1. The van der Waals surface area contributed by atoms with Crippen molar-refractivity contribution in [3.8, 4) is 17.1 Å². The van der Waals surface area contributed by atoms with Crippen LogP contribution in [0.15, 0.2) is 71.1 Å².